The average molecular weight is 188 g/mol. The van der Waals surface area contributed by atoms with Crippen LogP contribution in [0.15, 0.2) is 30.3 Å². The van der Waals surface area contributed by atoms with Crippen molar-refractivity contribution in [3.63, 3.8) is 0 Å². The molecule has 0 bridgehead atoms. The van der Waals surface area contributed by atoms with Gasteiger partial charge in [0, 0.05) is 5.57 Å². The lowest BCUT2D eigenvalue weighted by Gasteiger charge is -2.06. The molecule has 0 saturated carbocycles. The maximum atomic E-state index is 11.4. The number of Topliss-reactive ketones (excluding diaryl/α,β-unsaturated/α-hetero) is 1. The zero-order valence-corrected chi connectivity index (χ0v) is 9.00. The van der Waals surface area contributed by atoms with E-state index >= 15 is 0 Å². The average Bonchev–Trinajstić information content (AvgIpc) is 2.15. The van der Waals surface area contributed by atoms with Crippen LogP contribution in [0.4, 0.5) is 0 Å². The monoisotopic (exact) mass is 188 g/mol. The van der Waals surface area contributed by atoms with Crippen LogP contribution in [-0.2, 0) is 4.79 Å². The molecule has 0 fully saturated rings. The molecule has 1 aromatic rings. The van der Waals surface area contributed by atoms with Gasteiger partial charge in [0.1, 0.15) is 0 Å². The molecule has 0 N–H and O–H groups in total. The van der Waals surface area contributed by atoms with E-state index in [0.29, 0.717) is 0 Å². The molecule has 1 aromatic carbocycles. The minimum atomic E-state index is 0.140. The van der Waals surface area contributed by atoms with E-state index in [1.165, 1.54) is 0 Å². The smallest absolute Gasteiger partial charge is 0.160 e. The van der Waals surface area contributed by atoms with Crippen molar-refractivity contribution in [1.29, 1.82) is 0 Å². The Balaban J connectivity index is 3.19. The van der Waals surface area contributed by atoms with E-state index in [1.807, 2.05) is 44.2 Å². The summed E-state index contributed by atoms with van der Waals surface area (Å²) in [5, 5.41) is 0. The molecule has 0 heterocycles. The van der Waals surface area contributed by atoms with Crippen LogP contribution in [0.25, 0.3) is 5.57 Å². The molecule has 0 aliphatic carbocycles. The molecule has 0 aliphatic heterocycles. The Morgan fingerprint density at radius 3 is 2.50 bits per heavy atom. The van der Waals surface area contributed by atoms with Crippen molar-refractivity contribution in [3.05, 3.63) is 41.5 Å². The predicted molar refractivity (Wildman–Crippen MR) is 60.1 cm³/mol. The normalized spacial score (nSPS) is 11.5. The van der Waals surface area contributed by atoms with Crippen molar-refractivity contribution in [2.24, 2.45) is 0 Å². The quantitative estimate of drug-likeness (QED) is 0.664. The molecule has 0 aliphatic rings. The number of rotatable bonds is 3. The Kier molecular flexibility index (Phi) is 3.63. The van der Waals surface area contributed by atoms with Gasteiger partial charge in [-0.3, -0.25) is 4.79 Å². The van der Waals surface area contributed by atoms with Crippen molar-refractivity contribution >= 4 is 11.4 Å². The van der Waals surface area contributed by atoms with Crippen LogP contribution in [0.3, 0.4) is 0 Å². The van der Waals surface area contributed by atoms with Crippen LogP contribution in [-0.4, -0.2) is 5.78 Å². The van der Waals surface area contributed by atoms with Crippen molar-refractivity contribution in [2.75, 3.05) is 0 Å². The number of hydrogen-bond acceptors (Lipinski definition) is 1. The molecule has 0 radical (unpaired) electrons. The van der Waals surface area contributed by atoms with Crippen LogP contribution in [0.5, 0.6) is 0 Å². The van der Waals surface area contributed by atoms with Gasteiger partial charge in [0.15, 0.2) is 5.78 Å². The molecule has 0 spiro atoms. The molecule has 0 unspecified atom stereocenters. The fourth-order valence-corrected chi connectivity index (χ4v) is 1.52. The highest BCUT2D eigenvalue weighted by Crippen LogP contribution is 2.19. The van der Waals surface area contributed by atoms with E-state index in [-0.39, 0.29) is 5.78 Å². The zero-order chi connectivity index (χ0) is 10.6. The van der Waals surface area contributed by atoms with Crippen LogP contribution in [0.2, 0.25) is 0 Å². The lowest BCUT2D eigenvalue weighted by Crippen LogP contribution is -1.98. The first-order valence-corrected chi connectivity index (χ1v) is 4.94. The Labute approximate surface area is 85.5 Å². The second kappa shape index (κ2) is 4.75. The summed E-state index contributed by atoms with van der Waals surface area (Å²) in [5.41, 5.74) is 3.05. The lowest BCUT2D eigenvalue weighted by atomic mass is 9.97. The molecule has 14 heavy (non-hydrogen) atoms. The van der Waals surface area contributed by atoms with Gasteiger partial charge in [0.2, 0.25) is 0 Å². The largest absolute Gasteiger partial charge is 0.295 e. The van der Waals surface area contributed by atoms with Crippen LogP contribution in [0.1, 0.15) is 31.4 Å². The van der Waals surface area contributed by atoms with E-state index in [1.54, 1.807) is 6.92 Å². The van der Waals surface area contributed by atoms with Gasteiger partial charge < -0.3 is 0 Å². The number of aryl methyl sites for hydroxylation is 1. The first kappa shape index (κ1) is 10.7. The number of carbonyl (C=O) groups excluding carboxylic acids is 1. The highest BCUT2D eigenvalue weighted by Gasteiger charge is 2.07. The topological polar surface area (TPSA) is 17.1 Å². The fraction of sp³-hybridized carbons (Fsp3) is 0.308. The van der Waals surface area contributed by atoms with Gasteiger partial charge in [-0.25, -0.2) is 0 Å². The summed E-state index contributed by atoms with van der Waals surface area (Å²) < 4.78 is 0. The Morgan fingerprint density at radius 1 is 1.36 bits per heavy atom. The molecule has 0 saturated heterocycles. The minimum Gasteiger partial charge on any atom is -0.295 e. The van der Waals surface area contributed by atoms with E-state index < -0.39 is 0 Å². The highest BCUT2D eigenvalue weighted by atomic mass is 16.1. The van der Waals surface area contributed by atoms with E-state index in [2.05, 4.69) is 0 Å². The first-order valence-electron chi connectivity index (χ1n) is 4.94. The number of ketones is 1. The van der Waals surface area contributed by atoms with Gasteiger partial charge in [-0.2, -0.15) is 0 Å². The Bertz CT molecular complexity index is 361. The van der Waals surface area contributed by atoms with Crippen LogP contribution < -0.4 is 0 Å². The SMILES string of the molecule is CC/C=C(/C(C)=O)c1ccccc1C. The van der Waals surface area contributed by atoms with Crippen molar-refractivity contribution in [1.82, 2.24) is 0 Å². The lowest BCUT2D eigenvalue weighted by molar-refractivity contribution is -0.111. The second-order valence-corrected chi connectivity index (χ2v) is 3.40. The maximum absolute atomic E-state index is 11.4. The third-order valence-corrected chi connectivity index (χ3v) is 2.22. The molecular formula is C13H16O. The zero-order valence-electron chi connectivity index (χ0n) is 9.00. The molecule has 0 amide bonds. The summed E-state index contributed by atoms with van der Waals surface area (Å²) in [6.45, 7) is 5.69. The minimum absolute atomic E-state index is 0.140. The van der Waals surface area contributed by atoms with Gasteiger partial charge in [-0.05, 0) is 31.4 Å². The highest BCUT2D eigenvalue weighted by molar-refractivity contribution is 6.19. The maximum Gasteiger partial charge on any atom is 0.160 e. The molecule has 1 heteroatoms. The molecular weight excluding hydrogens is 172 g/mol. The van der Waals surface area contributed by atoms with Crippen LogP contribution in [0, 0.1) is 6.92 Å². The number of allylic oxidation sites excluding steroid dienone is 2. The van der Waals surface area contributed by atoms with Crippen molar-refractivity contribution in [2.45, 2.75) is 27.2 Å². The van der Waals surface area contributed by atoms with Crippen LogP contribution >= 0.6 is 0 Å². The van der Waals surface area contributed by atoms with Gasteiger partial charge in [0.25, 0.3) is 0 Å². The fourth-order valence-electron chi connectivity index (χ4n) is 1.52. The molecule has 74 valence electrons. The Hall–Kier alpha value is -1.37. The summed E-state index contributed by atoms with van der Waals surface area (Å²) in [4.78, 5) is 11.4. The molecule has 0 atom stereocenters. The standard InChI is InChI=1S/C13H16O/c1-4-7-13(11(3)14)12-9-6-5-8-10(12)2/h5-9H,4H2,1-3H3/b13-7-. The van der Waals surface area contributed by atoms with E-state index in [9.17, 15) is 4.79 Å². The van der Waals surface area contributed by atoms with Gasteiger partial charge >= 0.3 is 0 Å². The Morgan fingerprint density at radius 2 is 2.00 bits per heavy atom. The third kappa shape index (κ3) is 2.32. The number of benzene rings is 1. The third-order valence-electron chi connectivity index (χ3n) is 2.22. The van der Waals surface area contributed by atoms with E-state index in [4.69, 9.17) is 0 Å². The second-order valence-electron chi connectivity index (χ2n) is 3.40. The number of carbonyl (C=O) groups is 1. The van der Waals surface area contributed by atoms with Gasteiger partial charge in [0.05, 0.1) is 0 Å². The van der Waals surface area contributed by atoms with Gasteiger partial charge in [-0.1, -0.05) is 37.3 Å². The summed E-state index contributed by atoms with van der Waals surface area (Å²) >= 11 is 0. The molecule has 1 rings (SSSR count). The molecule has 0 aromatic heterocycles. The van der Waals surface area contributed by atoms with E-state index in [0.717, 1.165) is 23.1 Å². The first-order chi connectivity index (χ1) is 6.66. The summed E-state index contributed by atoms with van der Waals surface area (Å²) in [5.74, 6) is 0.140. The predicted octanol–water partition coefficient (Wildman–Crippen LogP) is 3.38. The summed E-state index contributed by atoms with van der Waals surface area (Å²) in [6, 6.07) is 7.98. The number of hydrogen-bond donors (Lipinski definition) is 0. The van der Waals surface area contributed by atoms with Crippen molar-refractivity contribution < 1.29 is 4.79 Å². The van der Waals surface area contributed by atoms with Crippen molar-refractivity contribution in [3.8, 4) is 0 Å². The molecule has 1 nitrogen and oxygen atoms in total. The summed E-state index contributed by atoms with van der Waals surface area (Å²) in [6.07, 6.45) is 2.88. The van der Waals surface area contributed by atoms with Gasteiger partial charge in [-0.15, -0.1) is 0 Å². The summed E-state index contributed by atoms with van der Waals surface area (Å²) in [7, 11) is 0.